The number of aromatic nitrogens is 2. The summed E-state index contributed by atoms with van der Waals surface area (Å²) in [5.41, 5.74) is 1.10. The lowest BCUT2D eigenvalue weighted by molar-refractivity contribution is 0.285. The summed E-state index contributed by atoms with van der Waals surface area (Å²) in [5.74, 6) is -1.77. The van der Waals surface area contributed by atoms with Crippen LogP contribution < -0.4 is 4.74 Å². The van der Waals surface area contributed by atoms with E-state index in [1.807, 2.05) is 0 Å². The topological polar surface area (TPSA) is 35.0 Å². The summed E-state index contributed by atoms with van der Waals surface area (Å²) in [6, 6.07) is 2.97. The average Bonchev–Trinajstić information content (AvgIpc) is 2.81. The molecule has 178 valence electrons. The van der Waals surface area contributed by atoms with Crippen LogP contribution in [0.4, 0.5) is 8.78 Å². The van der Waals surface area contributed by atoms with Gasteiger partial charge in [-0.05, 0) is 37.0 Å². The SMILES string of the molecule is CCCCCCCCCCc1cnc(-c2ccc(OCCCCCCC)c(F)c2F)nc1. The van der Waals surface area contributed by atoms with E-state index in [4.69, 9.17) is 4.74 Å². The van der Waals surface area contributed by atoms with Crippen molar-refractivity contribution in [3.8, 4) is 17.1 Å². The largest absolute Gasteiger partial charge is 0.490 e. The lowest BCUT2D eigenvalue weighted by Crippen LogP contribution is -2.03. The quantitative estimate of drug-likeness (QED) is 0.229. The Kier molecular flexibility index (Phi) is 12.9. The van der Waals surface area contributed by atoms with Crippen LogP contribution in [0.15, 0.2) is 24.5 Å². The lowest BCUT2D eigenvalue weighted by atomic mass is 10.1. The summed E-state index contributed by atoms with van der Waals surface area (Å²) in [6.07, 6.45) is 19.9. The van der Waals surface area contributed by atoms with Crippen molar-refractivity contribution in [2.45, 2.75) is 104 Å². The van der Waals surface area contributed by atoms with Crippen LogP contribution in [0.3, 0.4) is 0 Å². The molecule has 1 aromatic heterocycles. The first-order valence-electron chi connectivity index (χ1n) is 12.6. The zero-order valence-electron chi connectivity index (χ0n) is 20.0. The van der Waals surface area contributed by atoms with Gasteiger partial charge in [-0.2, -0.15) is 4.39 Å². The molecule has 0 saturated carbocycles. The molecule has 0 radical (unpaired) electrons. The number of benzene rings is 1. The molecule has 0 aliphatic carbocycles. The molecule has 0 fully saturated rings. The smallest absolute Gasteiger partial charge is 0.201 e. The van der Waals surface area contributed by atoms with Crippen LogP contribution in [-0.2, 0) is 6.42 Å². The van der Waals surface area contributed by atoms with E-state index in [1.54, 1.807) is 12.4 Å². The van der Waals surface area contributed by atoms with Gasteiger partial charge in [-0.3, -0.25) is 0 Å². The van der Waals surface area contributed by atoms with Crippen LogP contribution in [0.2, 0.25) is 0 Å². The molecule has 0 aliphatic rings. The summed E-state index contributed by atoms with van der Waals surface area (Å²) >= 11 is 0. The monoisotopic (exact) mass is 446 g/mol. The summed E-state index contributed by atoms with van der Waals surface area (Å²) in [5, 5.41) is 0. The van der Waals surface area contributed by atoms with E-state index in [1.165, 1.54) is 69.9 Å². The van der Waals surface area contributed by atoms with E-state index in [9.17, 15) is 8.78 Å². The number of ether oxygens (including phenoxy) is 1. The Bertz CT molecular complexity index is 765. The Morgan fingerprint density at radius 2 is 1.25 bits per heavy atom. The number of nitrogens with zero attached hydrogens (tertiary/aromatic N) is 2. The molecular weight excluding hydrogens is 406 g/mol. The first-order valence-corrected chi connectivity index (χ1v) is 12.6. The molecule has 5 heteroatoms. The van der Waals surface area contributed by atoms with Gasteiger partial charge in [0, 0.05) is 12.4 Å². The Hall–Kier alpha value is -2.04. The normalized spacial score (nSPS) is 11.1. The van der Waals surface area contributed by atoms with Crippen molar-refractivity contribution >= 4 is 0 Å². The fourth-order valence-electron chi connectivity index (χ4n) is 3.79. The van der Waals surface area contributed by atoms with Crippen LogP contribution >= 0.6 is 0 Å². The zero-order chi connectivity index (χ0) is 23.0. The second-order valence-electron chi connectivity index (χ2n) is 8.64. The van der Waals surface area contributed by atoms with Crippen LogP contribution in [0.5, 0.6) is 5.75 Å². The highest BCUT2D eigenvalue weighted by Gasteiger charge is 2.17. The lowest BCUT2D eigenvalue weighted by Gasteiger charge is -2.10. The van der Waals surface area contributed by atoms with Crippen LogP contribution in [0, 0.1) is 11.6 Å². The van der Waals surface area contributed by atoms with Gasteiger partial charge in [-0.15, -0.1) is 0 Å². The van der Waals surface area contributed by atoms with E-state index in [-0.39, 0.29) is 17.1 Å². The second kappa shape index (κ2) is 15.7. The van der Waals surface area contributed by atoms with Gasteiger partial charge in [0.2, 0.25) is 5.82 Å². The van der Waals surface area contributed by atoms with Crippen molar-refractivity contribution in [1.29, 1.82) is 0 Å². The number of hydrogen-bond acceptors (Lipinski definition) is 3. The van der Waals surface area contributed by atoms with Crippen LogP contribution in [0.1, 0.15) is 103 Å². The van der Waals surface area contributed by atoms with Crippen molar-refractivity contribution in [1.82, 2.24) is 9.97 Å². The van der Waals surface area contributed by atoms with Crippen LogP contribution in [-0.4, -0.2) is 16.6 Å². The van der Waals surface area contributed by atoms with Gasteiger partial charge in [0.25, 0.3) is 0 Å². The molecule has 0 bridgehead atoms. The number of rotatable bonds is 17. The average molecular weight is 447 g/mol. The standard InChI is InChI=1S/C27H40F2N2O/c1-3-5-7-9-10-11-12-14-16-22-20-30-27(31-21-22)23-17-18-24(26(29)25(23)28)32-19-15-13-8-6-4-2/h17-18,20-21H,3-16,19H2,1-2H3. The minimum atomic E-state index is -0.970. The van der Waals surface area contributed by atoms with E-state index in [0.29, 0.717) is 6.61 Å². The number of unbranched alkanes of at least 4 members (excludes halogenated alkanes) is 11. The molecular formula is C27H40F2N2O. The highest BCUT2D eigenvalue weighted by molar-refractivity contribution is 5.57. The minimum absolute atomic E-state index is 0.0481. The molecule has 1 heterocycles. The van der Waals surface area contributed by atoms with E-state index < -0.39 is 11.6 Å². The molecule has 0 amide bonds. The molecule has 32 heavy (non-hydrogen) atoms. The number of halogens is 2. The number of hydrogen-bond donors (Lipinski definition) is 0. The maximum Gasteiger partial charge on any atom is 0.201 e. The molecule has 0 unspecified atom stereocenters. The van der Waals surface area contributed by atoms with E-state index in [0.717, 1.165) is 37.7 Å². The summed E-state index contributed by atoms with van der Waals surface area (Å²) < 4.78 is 34.5. The molecule has 1 aromatic carbocycles. The summed E-state index contributed by atoms with van der Waals surface area (Å²) in [6.45, 7) is 4.78. The fraction of sp³-hybridized carbons (Fsp3) is 0.630. The molecule has 2 rings (SSSR count). The molecule has 3 nitrogen and oxygen atoms in total. The third-order valence-corrected chi connectivity index (χ3v) is 5.82. The molecule has 2 aromatic rings. The highest BCUT2D eigenvalue weighted by atomic mass is 19.2. The highest BCUT2D eigenvalue weighted by Crippen LogP contribution is 2.28. The molecule has 0 saturated heterocycles. The molecule has 0 atom stereocenters. The Morgan fingerprint density at radius 3 is 1.88 bits per heavy atom. The maximum absolute atomic E-state index is 14.6. The second-order valence-corrected chi connectivity index (χ2v) is 8.64. The third-order valence-electron chi connectivity index (χ3n) is 5.82. The van der Waals surface area contributed by atoms with Gasteiger partial charge in [0.15, 0.2) is 17.4 Å². The summed E-state index contributed by atoms with van der Waals surface area (Å²) in [7, 11) is 0. The Labute approximate surface area is 193 Å². The van der Waals surface area contributed by atoms with E-state index >= 15 is 0 Å². The molecule has 0 spiro atoms. The van der Waals surface area contributed by atoms with Gasteiger partial charge in [0.1, 0.15) is 0 Å². The first kappa shape index (κ1) is 26.2. The first-order chi connectivity index (χ1) is 15.7. The van der Waals surface area contributed by atoms with Crippen LogP contribution in [0.25, 0.3) is 11.4 Å². The fourth-order valence-corrected chi connectivity index (χ4v) is 3.79. The number of aryl methyl sites for hydroxylation is 1. The Balaban J connectivity index is 1.79. The van der Waals surface area contributed by atoms with Crippen molar-refractivity contribution in [3.05, 3.63) is 41.7 Å². The van der Waals surface area contributed by atoms with Gasteiger partial charge >= 0.3 is 0 Å². The third kappa shape index (κ3) is 9.22. The van der Waals surface area contributed by atoms with Gasteiger partial charge in [-0.25, -0.2) is 14.4 Å². The van der Waals surface area contributed by atoms with Crippen molar-refractivity contribution in [2.24, 2.45) is 0 Å². The maximum atomic E-state index is 14.6. The zero-order valence-corrected chi connectivity index (χ0v) is 20.0. The van der Waals surface area contributed by atoms with Gasteiger partial charge < -0.3 is 4.74 Å². The predicted molar refractivity (Wildman–Crippen MR) is 128 cm³/mol. The van der Waals surface area contributed by atoms with Crippen molar-refractivity contribution < 1.29 is 13.5 Å². The predicted octanol–water partition coefficient (Wildman–Crippen LogP) is 8.45. The van der Waals surface area contributed by atoms with E-state index in [2.05, 4.69) is 23.8 Å². The van der Waals surface area contributed by atoms with Crippen molar-refractivity contribution in [2.75, 3.05) is 6.61 Å². The van der Waals surface area contributed by atoms with Gasteiger partial charge in [0.05, 0.1) is 12.2 Å². The summed E-state index contributed by atoms with van der Waals surface area (Å²) in [4.78, 5) is 8.55. The Morgan fingerprint density at radius 1 is 0.688 bits per heavy atom. The molecule has 0 aliphatic heterocycles. The molecule has 0 N–H and O–H groups in total. The van der Waals surface area contributed by atoms with Crippen molar-refractivity contribution in [3.63, 3.8) is 0 Å². The minimum Gasteiger partial charge on any atom is -0.490 e. The van der Waals surface area contributed by atoms with Gasteiger partial charge in [-0.1, -0.05) is 84.5 Å².